The number of nitrogens with one attached hydrogen (secondary N) is 1. The predicted molar refractivity (Wildman–Crippen MR) is 110 cm³/mol. The quantitative estimate of drug-likeness (QED) is 0.433. The van der Waals surface area contributed by atoms with Crippen molar-refractivity contribution in [1.29, 1.82) is 0 Å². The minimum absolute atomic E-state index is 0.156. The second-order valence-corrected chi connectivity index (χ2v) is 6.94. The van der Waals surface area contributed by atoms with Crippen LogP contribution >= 0.6 is 15.9 Å². The van der Waals surface area contributed by atoms with E-state index >= 15 is 0 Å². The summed E-state index contributed by atoms with van der Waals surface area (Å²) < 4.78 is 6.39. The Hall–Kier alpha value is -3.19. The molecule has 0 aliphatic carbocycles. The van der Waals surface area contributed by atoms with Crippen LogP contribution in [0.15, 0.2) is 65.2 Å². The number of nitrogens with zero attached hydrogens (tertiary/aromatic N) is 1. The Balaban J connectivity index is 2.03. The molecule has 0 unspecified atom stereocenters. The number of rotatable bonds is 5. The van der Waals surface area contributed by atoms with E-state index < -0.39 is 17.8 Å². The van der Waals surface area contributed by atoms with Crippen LogP contribution in [0.3, 0.4) is 0 Å². The molecule has 0 atom stereocenters. The Morgan fingerprint density at radius 3 is 2.64 bits per heavy atom. The van der Waals surface area contributed by atoms with Crippen LogP contribution < -0.4 is 15.0 Å². The summed E-state index contributed by atoms with van der Waals surface area (Å²) in [6.45, 7) is 5.66. The van der Waals surface area contributed by atoms with Gasteiger partial charge in [0.05, 0.1) is 5.69 Å². The van der Waals surface area contributed by atoms with E-state index in [1.54, 1.807) is 55.5 Å². The fraction of sp³-hybridized carbons (Fsp3) is 0.0952. The van der Waals surface area contributed by atoms with Gasteiger partial charge in [0.1, 0.15) is 17.9 Å². The number of para-hydroxylation sites is 1. The van der Waals surface area contributed by atoms with Crippen molar-refractivity contribution in [3.05, 3.63) is 76.3 Å². The topological polar surface area (TPSA) is 75.7 Å². The highest BCUT2D eigenvalue weighted by atomic mass is 79.9. The molecule has 2 aromatic carbocycles. The molecule has 0 spiro atoms. The molecule has 1 saturated heterocycles. The first-order valence-electron chi connectivity index (χ1n) is 8.42. The highest BCUT2D eigenvalue weighted by Gasteiger charge is 2.37. The fourth-order valence-electron chi connectivity index (χ4n) is 2.78. The molecule has 3 rings (SSSR count). The normalized spacial score (nSPS) is 15.6. The minimum Gasteiger partial charge on any atom is -0.489 e. The molecule has 1 heterocycles. The third-order valence-electron chi connectivity index (χ3n) is 4.08. The molecule has 2 aromatic rings. The van der Waals surface area contributed by atoms with Crippen LogP contribution in [0.5, 0.6) is 5.75 Å². The summed E-state index contributed by atoms with van der Waals surface area (Å²) in [7, 11) is 0. The van der Waals surface area contributed by atoms with Crippen LogP contribution in [0.1, 0.15) is 11.1 Å². The Morgan fingerprint density at radius 2 is 1.93 bits per heavy atom. The SMILES string of the molecule is C=CCOc1ccccc1/C=C1/C(=O)NC(=O)N(c2ccc(Br)cc2C)C1=O. The summed E-state index contributed by atoms with van der Waals surface area (Å²) in [5, 5.41) is 2.22. The summed E-state index contributed by atoms with van der Waals surface area (Å²) in [5.74, 6) is -0.948. The van der Waals surface area contributed by atoms with Gasteiger partial charge in [-0.15, -0.1) is 0 Å². The highest BCUT2D eigenvalue weighted by Crippen LogP contribution is 2.28. The van der Waals surface area contributed by atoms with Crippen molar-refractivity contribution < 1.29 is 19.1 Å². The van der Waals surface area contributed by atoms with Gasteiger partial charge < -0.3 is 4.74 Å². The minimum atomic E-state index is -0.784. The zero-order valence-corrected chi connectivity index (χ0v) is 16.7. The first-order chi connectivity index (χ1) is 13.4. The molecule has 7 heteroatoms. The number of carbonyl (C=O) groups is 3. The summed E-state index contributed by atoms with van der Waals surface area (Å²) in [6, 6.07) is 11.4. The Morgan fingerprint density at radius 1 is 1.18 bits per heavy atom. The Bertz CT molecular complexity index is 1010. The van der Waals surface area contributed by atoms with E-state index in [4.69, 9.17) is 4.74 Å². The van der Waals surface area contributed by atoms with Crippen molar-refractivity contribution in [2.75, 3.05) is 11.5 Å². The van der Waals surface area contributed by atoms with Gasteiger partial charge in [-0.2, -0.15) is 0 Å². The molecular formula is C21H17BrN2O4. The highest BCUT2D eigenvalue weighted by molar-refractivity contribution is 9.10. The van der Waals surface area contributed by atoms with Gasteiger partial charge in [-0.05, 0) is 42.8 Å². The van der Waals surface area contributed by atoms with Gasteiger partial charge >= 0.3 is 6.03 Å². The molecule has 1 N–H and O–H groups in total. The second kappa shape index (κ2) is 8.22. The number of hydrogen-bond acceptors (Lipinski definition) is 4. The van der Waals surface area contributed by atoms with Crippen LogP contribution in [0, 0.1) is 6.92 Å². The third-order valence-corrected chi connectivity index (χ3v) is 4.57. The lowest BCUT2D eigenvalue weighted by atomic mass is 10.1. The van der Waals surface area contributed by atoms with Crippen LogP contribution in [-0.4, -0.2) is 24.5 Å². The van der Waals surface area contributed by atoms with Gasteiger partial charge in [0.2, 0.25) is 0 Å². The molecule has 0 aromatic heterocycles. The molecule has 6 nitrogen and oxygen atoms in total. The molecule has 1 fully saturated rings. The van der Waals surface area contributed by atoms with Crippen LogP contribution in [0.25, 0.3) is 6.08 Å². The molecule has 4 amide bonds. The van der Waals surface area contributed by atoms with E-state index in [1.807, 2.05) is 0 Å². The van der Waals surface area contributed by atoms with Gasteiger partial charge in [0.15, 0.2) is 0 Å². The number of carbonyl (C=O) groups excluding carboxylic acids is 3. The molecule has 142 valence electrons. The standard InChI is InChI=1S/C21H17BrN2O4/c1-3-10-28-18-7-5-4-6-14(18)12-16-19(25)23-21(27)24(20(16)26)17-9-8-15(22)11-13(17)2/h3-9,11-12H,1,10H2,2H3,(H,23,25,27)/b16-12-. The van der Waals surface area contributed by atoms with Crippen molar-refractivity contribution in [3.8, 4) is 5.75 Å². The smallest absolute Gasteiger partial charge is 0.335 e. The van der Waals surface area contributed by atoms with Gasteiger partial charge in [0, 0.05) is 10.0 Å². The number of barbiturate groups is 1. The molecule has 1 aliphatic heterocycles. The van der Waals surface area contributed by atoms with Gasteiger partial charge in [-0.3, -0.25) is 14.9 Å². The zero-order valence-electron chi connectivity index (χ0n) is 15.1. The number of anilines is 1. The number of urea groups is 1. The first-order valence-corrected chi connectivity index (χ1v) is 9.22. The summed E-state index contributed by atoms with van der Waals surface area (Å²) in [4.78, 5) is 38.7. The van der Waals surface area contributed by atoms with Crippen molar-refractivity contribution in [1.82, 2.24) is 5.32 Å². The molecular weight excluding hydrogens is 424 g/mol. The number of aryl methyl sites for hydroxylation is 1. The van der Waals surface area contributed by atoms with Crippen molar-refractivity contribution in [2.45, 2.75) is 6.92 Å². The van der Waals surface area contributed by atoms with E-state index in [9.17, 15) is 14.4 Å². The lowest BCUT2D eigenvalue weighted by molar-refractivity contribution is -0.122. The van der Waals surface area contributed by atoms with Crippen LogP contribution in [-0.2, 0) is 9.59 Å². The fourth-order valence-corrected chi connectivity index (χ4v) is 3.26. The molecule has 28 heavy (non-hydrogen) atoms. The van der Waals surface area contributed by atoms with Crippen molar-refractivity contribution in [3.63, 3.8) is 0 Å². The van der Waals surface area contributed by atoms with Gasteiger partial charge in [-0.1, -0.05) is 46.8 Å². The number of hydrogen-bond donors (Lipinski definition) is 1. The predicted octanol–water partition coefficient (Wildman–Crippen LogP) is 3.99. The van der Waals surface area contributed by atoms with E-state index in [2.05, 4.69) is 27.8 Å². The van der Waals surface area contributed by atoms with E-state index in [-0.39, 0.29) is 12.2 Å². The molecule has 0 bridgehead atoms. The Kier molecular flexibility index (Phi) is 5.75. The van der Waals surface area contributed by atoms with Gasteiger partial charge in [0.25, 0.3) is 11.8 Å². The maximum atomic E-state index is 13.0. The van der Waals surface area contributed by atoms with E-state index in [0.29, 0.717) is 22.6 Å². The number of imide groups is 2. The number of halogens is 1. The first kappa shape index (κ1) is 19.6. The third kappa shape index (κ3) is 3.89. The van der Waals surface area contributed by atoms with E-state index in [0.717, 1.165) is 9.37 Å². The summed E-state index contributed by atoms with van der Waals surface area (Å²) >= 11 is 3.35. The molecule has 0 radical (unpaired) electrons. The average molecular weight is 441 g/mol. The summed E-state index contributed by atoms with van der Waals surface area (Å²) in [5.41, 5.74) is 1.50. The van der Waals surface area contributed by atoms with Gasteiger partial charge in [-0.25, -0.2) is 9.69 Å². The van der Waals surface area contributed by atoms with Crippen LogP contribution in [0.2, 0.25) is 0 Å². The van der Waals surface area contributed by atoms with E-state index in [1.165, 1.54) is 6.08 Å². The lowest BCUT2D eigenvalue weighted by Gasteiger charge is -2.27. The van der Waals surface area contributed by atoms with Crippen molar-refractivity contribution >= 4 is 45.5 Å². The molecule has 0 saturated carbocycles. The Labute approximate surface area is 170 Å². The number of benzene rings is 2. The second-order valence-electron chi connectivity index (χ2n) is 6.03. The summed E-state index contributed by atoms with van der Waals surface area (Å²) in [6.07, 6.45) is 3.02. The lowest BCUT2D eigenvalue weighted by Crippen LogP contribution is -2.54. The largest absolute Gasteiger partial charge is 0.489 e. The number of amides is 4. The average Bonchev–Trinajstić information content (AvgIpc) is 2.65. The number of ether oxygens (including phenoxy) is 1. The monoisotopic (exact) mass is 440 g/mol. The zero-order chi connectivity index (χ0) is 20.3. The van der Waals surface area contributed by atoms with Crippen LogP contribution in [0.4, 0.5) is 10.5 Å². The van der Waals surface area contributed by atoms with Crippen molar-refractivity contribution in [2.24, 2.45) is 0 Å². The molecule has 1 aliphatic rings. The maximum Gasteiger partial charge on any atom is 0.335 e. The maximum absolute atomic E-state index is 13.0.